The lowest BCUT2D eigenvalue weighted by molar-refractivity contribution is -0.136. The Kier molecular flexibility index (Phi) is 6.69. The Balaban J connectivity index is 2.69. The van der Waals surface area contributed by atoms with Gasteiger partial charge in [0.2, 0.25) is 0 Å². The Labute approximate surface area is 127 Å². The molecule has 1 N–H and O–H groups in total. The highest BCUT2D eigenvalue weighted by atomic mass is 16.5. The summed E-state index contributed by atoms with van der Waals surface area (Å²) in [5.74, 6) is 0.717. The SMILES string of the molecule is CCCCOc1ccc(NC(=O)C(C)(C)OCC)cc1C. The second-order valence-corrected chi connectivity index (χ2v) is 5.58. The van der Waals surface area contributed by atoms with E-state index in [1.807, 2.05) is 32.0 Å². The molecule has 0 heterocycles. The van der Waals surface area contributed by atoms with E-state index < -0.39 is 5.60 Å². The molecule has 4 nitrogen and oxygen atoms in total. The van der Waals surface area contributed by atoms with Crippen LogP contribution in [0.15, 0.2) is 18.2 Å². The quantitative estimate of drug-likeness (QED) is 0.739. The number of hydrogen-bond acceptors (Lipinski definition) is 3. The lowest BCUT2D eigenvalue weighted by Crippen LogP contribution is -2.39. The first-order valence-electron chi connectivity index (χ1n) is 7.59. The van der Waals surface area contributed by atoms with E-state index >= 15 is 0 Å². The van der Waals surface area contributed by atoms with Gasteiger partial charge in [-0.25, -0.2) is 0 Å². The molecule has 0 fully saturated rings. The molecule has 1 aromatic rings. The van der Waals surface area contributed by atoms with Crippen LogP contribution in [0.4, 0.5) is 5.69 Å². The molecule has 0 unspecified atom stereocenters. The number of carbonyl (C=O) groups excluding carboxylic acids is 1. The largest absolute Gasteiger partial charge is 0.493 e. The van der Waals surface area contributed by atoms with Crippen LogP contribution in [0.5, 0.6) is 5.75 Å². The molecule has 0 bridgehead atoms. The van der Waals surface area contributed by atoms with Crippen molar-refractivity contribution in [2.45, 2.75) is 53.1 Å². The van der Waals surface area contributed by atoms with Gasteiger partial charge in [-0.15, -0.1) is 0 Å². The lowest BCUT2D eigenvalue weighted by atomic mass is 10.1. The first-order chi connectivity index (χ1) is 9.90. The summed E-state index contributed by atoms with van der Waals surface area (Å²) in [5, 5.41) is 2.88. The predicted molar refractivity (Wildman–Crippen MR) is 85.9 cm³/mol. The zero-order valence-corrected chi connectivity index (χ0v) is 13.8. The molecular weight excluding hydrogens is 266 g/mol. The van der Waals surface area contributed by atoms with Crippen molar-refractivity contribution in [3.63, 3.8) is 0 Å². The number of carbonyl (C=O) groups is 1. The van der Waals surface area contributed by atoms with Gasteiger partial charge in [0.05, 0.1) is 6.61 Å². The normalized spacial score (nSPS) is 11.3. The Morgan fingerprint density at radius 1 is 1.29 bits per heavy atom. The number of aryl methyl sites for hydroxylation is 1. The highest BCUT2D eigenvalue weighted by Crippen LogP contribution is 2.23. The molecule has 1 aromatic carbocycles. The standard InChI is InChI=1S/C17H27NO3/c1-6-8-11-20-15-10-9-14(12-13(15)3)18-16(19)17(4,5)21-7-2/h9-10,12H,6-8,11H2,1-5H3,(H,18,19). The van der Waals surface area contributed by atoms with Crippen LogP contribution in [-0.4, -0.2) is 24.7 Å². The van der Waals surface area contributed by atoms with Gasteiger partial charge in [0.25, 0.3) is 5.91 Å². The zero-order valence-electron chi connectivity index (χ0n) is 13.8. The van der Waals surface area contributed by atoms with E-state index in [1.54, 1.807) is 13.8 Å². The molecule has 1 rings (SSSR count). The maximum Gasteiger partial charge on any atom is 0.256 e. The van der Waals surface area contributed by atoms with E-state index in [0.717, 1.165) is 36.4 Å². The van der Waals surface area contributed by atoms with Gasteiger partial charge < -0.3 is 14.8 Å². The second kappa shape index (κ2) is 8.03. The van der Waals surface area contributed by atoms with Crippen molar-refractivity contribution in [3.8, 4) is 5.75 Å². The van der Waals surface area contributed by atoms with Crippen molar-refractivity contribution >= 4 is 11.6 Å². The molecule has 0 aliphatic rings. The Morgan fingerprint density at radius 2 is 2.00 bits per heavy atom. The zero-order chi connectivity index (χ0) is 15.9. The van der Waals surface area contributed by atoms with Gasteiger partial charge in [-0.3, -0.25) is 4.79 Å². The summed E-state index contributed by atoms with van der Waals surface area (Å²) in [6.07, 6.45) is 2.15. The number of anilines is 1. The molecule has 0 aromatic heterocycles. The predicted octanol–water partition coefficient (Wildman–Crippen LogP) is 3.93. The third-order valence-corrected chi connectivity index (χ3v) is 3.24. The number of rotatable bonds is 8. The van der Waals surface area contributed by atoms with Crippen LogP contribution in [0.3, 0.4) is 0 Å². The molecule has 1 amide bonds. The number of nitrogens with one attached hydrogen (secondary N) is 1. The molecule has 21 heavy (non-hydrogen) atoms. The minimum Gasteiger partial charge on any atom is -0.493 e. The third kappa shape index (κ3) is 5.38. The molecule has 118 valence electrons. The van der Waals surface area contributed by atoms with Crippen LogP contribution in [0.25, 0.3) is 0 Å². The molecule has 0 aliphatic carbocycles. The van der Waals surface area contributed by atoms with E-state index in [9.17, 15) is 4.79 Å². The molecule has 0 saturated carbocycles. The summed E-state index contributed by atoms with van der Waals surface area (Å²) in [6.45, 7) is 10.7. The van der Waals surface area contributed by atoms with E-state index in [-0.39, 0.29) is 5.91 Å². The minimum atomic E-state index is -0.834. The lowest BCUT2D eigenvalue weighted by Gasteiger charge is -2.23. The van der Waals surface area contributed by atoms with Gasteiger partial charge >= 0.3 is 0 Å². The minimum absolute atomic E-state index is 0.150. The fraction of sp³-hybridized carbons (Fsp3) is 0.588. The van der Waals surface area contributed by atoms with Crippen molar-refractivity contribution in [2.24, 2.45) is 0 Å². The average molecular weight is 293 g/mol. The molecule has 0 atom stereocenters. The van der Waals surface area contributed by atoms with E-state index in [1.165, 1.54) is 0 Å². The van der Waals surface area contributed by atoms with Crippen LogP contribution in [0.2, 0.25) is 0 Å². The van der Waals surface area contributed by atoms with Crippen molar-refractivity contribution in [1.29, 1.82) is 0 Å². The highest BCUT2D eigenvalue weighted by Gasteiger charge is 2.27. The van der Waals surface area contributed by atoms with Crippen LogP contribution < -0.4 is 10.1 Å². The third-order valence-electron chi connectivity index (χ3n) is 3.24. The van der Waals surface area contributed by atoms with Gasteiger partial charge in [-0.2, -0.15) is 0 Å². The van der Waals surface area contributed by atoms with Crippen LogP contribution in [0, 0.1) is 6.92 Å². The first-order valence-corrected chi connectivity index (χ1v) is 7.59. The Bertz CT molecular complexity index is 469. The van der Waals surface area contributed by atoms with Gasteiger partial charge in [0.1, 0.15) is 11.4 Å². The van der Waals surface area contributed by atoms with Gasteiger partial charge in [0, 0.05) is 12.3 Å². The van der Waals surface area contributed by atoms with Crippen LogP contribution in [-0.2, 0) is 9.53 Å². The first kappa shape index (κ1) is 17.5. The summed E-state index contributed by atoms with van der Waals surface area (Å²) in [4.78, 5) is 12.2. The van der Waals surface area contributed by atoms with Crippen molar-refractivity contribution < 1.29 is 14.3 Å². The molecule has 0 radical (unpaired) electrons. The number of ether oxygens (including phenoxy) is 2. The molecule has 0 aliphatic heterocycles. The fourth-order valence-corrected chi connectivity index (χ4v) is 1.92. The summed E-state index contributed by atoms with van der Waals surface area (Å²) in [6, 6.07) is 5.67. The van der Waals surface area contributed by atoms with Gasteiger partial charge in [0.15, 0.2) is 0 Å². The fourth-order valence-electron chi connectivity index (χ4n) is 1.92. The van der Waals surface area contributed by atoms with Crippen LogP contribution >= 0.6 is 0 Å². The number of benzene rings is 1. The number of amides is 1. The molecular formula is C17H27NO3. The number of unbranched alkanes of at least 4 members (excludes halogenated alkanes) is 1. The monoisotopic (exact) mass is 293 g/mol. The molecule has 0 spiro atoms. The summed E-state index contributed by atoms with van der Waals surface area (Å²) in [7, 11) is 0. The Hall–Kier alpha value is -1.55. The maximum absolute atomic E-state index is 12.2. The van der Waals surface area contributed by atoms with Crippen LogP contribution in [0.1, 0.15) is 46.1 Å². The Morgan fingerprint density at radius 3 is 2.57 bits per heavy atom. The van der Waals surface area contributed by atoms with E-state index in [4.69, 9.17) is 9.47 Å². The molecule has 4 heteroatoms. The average Bonchev–Trinajstić information content (AvgIpc) is 2.41. The number of hydrogen-bond donors (Lipinski definition) is 1. The van der Waals surface area contributed by atoms with Gasteiger partial charge in [-0.1, -0.05) is 13.3 Å². The smallest absolute Gasteiger partial charge is 0.256 e. The van der Waals surface area contributed by atoms with Crippen molar-refractivity contribution in [3.05, 3.63) is 23.8 Å². The summed E-state index contributed by atoms with van der Waals surface area (Å²) < 4.78 is 11.2. The van der Waals surface area contributed by atoms with Crippen molar-refractivity contribution in [1.82, 2.24) is 0 Å². The summed E-state index contributed by atoms with van der Waals surface area (Å²) >= 11 is 0. The highest BCUT2D eigenvalue weighted by molar-refractivity contribution is 5.96. The summed E-state index contributed by atoms with van der Waals surface area (Å²) in [5.41, 5.74) is 0.935. The molecule has 0 saturated heterocycles. The van der Waals surface area contributed by atoms with E-state index in [2.05, 4.69) is 12.2 Å². The maximum atomic E-state index is 12.2. The topological polar surface area (TPSA) is 47.6 Å². The van der Waals surface area contributed by atoms with E-state index in [0.29, 0.717) is 6.61 Å². The van der Waals surface area contributed by atoms with Crippen molar-refractivity contribution in [2.75, 3.05) is 18.5 Å². The van der Waals surface area contributed by atoms with Gasteiger partial charge in [-0.05, 0) is 57.9 Å². The second-order valence-electron chi connectivity index (χ2n) is 5.58.